The highest BCUT2D eigenvalue weighted by Gasteiger charge is 2.11. The van der Waals surface area contributed by atoms with Gasteiger partial charge in [-0.2, -0.15) is 0 Å². The molecular formula is C14H10N6O3. The van der Waals surface area contributed by atoms with Crippen molar-refractivity contribution in [1.82, 2.24) is 19.5 Å². The molecule has 0 saturated heterocycles. The number of nitro benzene ring substituents is 1. The topological polar surface area (TPSA) is 116 Å². The molecule has 9 heteroatoms. The average molecular weight is 310 g/mol. The molecule has 0 radical (unpaired) electrons. The van der Waals surface area contributed by atoms with E-state index >= 15 is 0 Å². The third kappa shape index (κ3) is 3.18. The van der Waals surface area contributed by atoms with Crippen LogP contribution in [-0.2, 0) is 0 Å². The summed E-state index contributed by atoms with van der Waals surface area (Å²) < 4.78 is 1.67. The average Bonchev–Trinajstić information content (AvgIpc) is 3.10. The monoisotopic (exact) mass is 310 g/mol. The molecular weight excluding hydrogens is 300 g/mol. The van der Waals surface area contributed by atoms with E-state index in [2.05, 4.69) is 20.3 Å². The van der Waals surface area contributed by atoms with Crippen LogP contribution in [0.2, 0.25) is 0 Å². The molecule has 0 aliphatic carbocycles. The van der Waals surface area contributed by atoms with Crippen molar-refractivity contribution in [3.05, 3.63) is 71.1 Å². The van der Waals surface area contributed by atoms with E-state index in [1.54, 1.807) is 29.4 Å². The molecule has 2 heterocycles. The lowest BCUT2D eigenvalue weighted by Crippen LogP contribution is -2.13. The summed E-state index contributed by atoms with van der Waals surface area (Å²) in [6.45, 7) is 0. The summed E-state index contributed by atoms with van der Waals surface area (Å²) in [7, 11) is 0. The summed E-state index contributed by atoms with van der Waals surface area (Å²) in [6.07, 6.45) is 6.21. The first kappa shape index (κ1) is 14.3. The number of hydrogen-bond donors (Lipinski definition) is 1. The van der Waals surface area contributed by atoms with Gasteiger partial charge in [-0.3, -0.25) is 19.5 Å². The van der Waals surface area contributed by atoms with Crippen LogP contribution in [0.4, 0.5) is 11.5 Å². The van der Waals surface area contributed by atoms with E-state index in [4.69, 9.17) is 0 Å². The van der Waals surface area contributed by atoms with Crippen molar-refractivity contribution in [3.8, 4) is 5.82 Å². The third-order valence-corrected chi connectivity index (χ3v) is 3.00. The Morgan fingerprint density at radius 3 is 2.65 bits per heavy atom. The van der Waals surface area contributed by atoms with Crippen LogP contribution in [0.1, 0.15) is 10.4 Å². The summed E-state index contributed by atoms with van der Waals surface area (Å²) >= 11 is 0. The van der Waals surface area contributed by atoms with Gasteiger partial charge in [0.05, 0.1) is 4.92 Å². The smallest absolute Gasteiger partial charge is 0.269 e. The fraction of sp³-hybridized carbons (Fsp3) is 0. The van der Waals surface area contributed by atoms with Crippen LogP contribution < -0.4 is 5.32 Å². The molecule has 9 nitrogen and oxygen atoms in total. The fourth-order valence-corrected chi connectivity index (χ4v) is 1.87. The molecule has 0 unspecified atom stereocenters. The Bertz CT molecular complexity index is 845. The van der Waals surface area contributed by atoms with Gasteiger partial charge in [-0.05, 0) is 12.1 Å². The Morgan fingerprint density at radius 1 is 1.22 bits per heavy atom. The van der Waals surface area contributed by atoms with Crippen molar-refractivity contribution in [2.75, 3.05) is 5.32 Å². The van der Waals surface area contributed by atoms with Gasteiger partial charge in [0.2, 0.25) is 0 Å². The van der Waals surface area contributed by atoms with E-state index < -0.39 is 10.8 Å². The number of nitrogens with one attached hydrogen (secondary N) is 1. The summed E-state index contributed by atoms with van der Waals surface area (Å²) in [5, 5.41) is 13.2. The van der Waals surface area contributed by atoms with Gasteiger partial charge in [-0.25, -0.2) is 15.0 Å². The van der Waals surface area contributed by atoms with Gasteiger partial charge in [0.15, 0.2) is 0 Å². The van der Waals surface area contributed by atoms with Crippen molar-refractivity contribution in [2.24, 2.45) is 0 Å². The number of aromatic nitrogens is 4. The van der Waals surface area contributed by atoms with Gasteiger partial charge in [0.25, 0.3) is 11.6 Å². The summed E-state index contributed by atoms with van der Waals surface area (Å²) in [5.41, 5.74) is 0.212. The molecule has 1 amide bonds. The Hall–Kier alpha value is -3.62. The number of imidazole rings is 1. The largest absolute Gasteiger partial charge is 0.306 e. The van der Waals surface area contributed by atoms with E-state index in [0.29, 0.717) is 17.2 Å². The number of nitrogens with zero attached hydrogens (tertiary/aromatic N) is 5. The number of non-ortho nitro benzene ring substituents is 1. The molecule has 3 aromatic rings. The molecule has 2 aromatic heterocycles. The number of carbonyl (C=O) groups is 1. The third-order valence-electron chi connectivity index (χ3n) is 3.00. The van der Waals surface area contributed by atoms with Crippen molar-refractivity contribution < 1.29 is 9.72 Å². The highest BCUT2D eigenvalue weighted by Crippen LogP contribution is 2.14. The summed E-state index contributed by atoms with van der Waals surface area (Å²) in [6, 6.07) is 6.89. The predicted molar refractivity (Wildman–Crippen MR) is 80.2 cm³/mol. The number of hydrogen-bond acceptors (Lipinski definition) is 6. The predicted octanol–water partition coefficient (Wildman–Crippen LogP) is 1.82. The van der Waals surface area contributed by atoms with Crippen LogP contribution in [0, 0.1) is 10.1 Å². The molecule has 1 N–H and O–H groups in total. The van der Waals surface area contributed by atoms with Crippen LogP contribution in [0.5, 0.6) is 0 Å². The molecule has 23 heavy (non-hydrogen) atoms. The number of rotatable bonds is 4. The minimum absolute atomic E-state index is 0.0778. The second-order valence-corrected chi connectivity index (χ2v) is 4.49. The Balaban J connectivity index is 1.77. The molecule has 0 bridgehead atoms. The zero-order chi connectivity index (χ0) is 16.2. The standard InChI is InChI=1S/C14H10N6O3/c21-14(10-1-3-11(4-2-10)20(22)23)18-12-7-13(17-8-16-12)19-6-5-15-9-19/h1-9H,(H,16,17,18,21). The lowest BCUT2D eigenvalue weighted by Gasteiger charge is -2.06. The normalized spacial score (nSPS) is 10.3. The highest BCUT2D eigenvalue weighted by molar-refractivity contribution is 6.03. The minimum Gasteiger partial charge on any atom is -0.306 e. The Morgan fingerprint density at radius 2 is 2.00 bits per heavy atom. The molecule has 0 aliphatic heterocycles. The maximum atomic E-state index is 12.1. The van der Waals surface area contributed by atoms with E-state index in [1.807, 2.05) is 0 Å². The van der Waals surface area contributed by atoms with Crippen molar-refractivity contribution in [1.29, 1.82) is 0 Å². The first-order valence-corrected chi connectivity index (χ1v) is 6.49. The number of benzene rings is 1. The zero-order valence-corrected chi connectivity index (χ0v) is 11.7. The van der Waals surface area contributed by atoms with Gasteiger partial charge in [0.1, 0.15) is 24.3 Å². The second-order valence-electron chi connectivity index (χ2n) is 4.49. The Labute approximate surface area is 129 Å². The number of carbonyl (C=O) groups excluding carboxylic acids is 1. The molecule has 0 atom stereocenters. The lowest BCUT2D eigenvalue weighted by molar-refractivity contribution is -0.384. The number of amides is 1. The molecule has 0 spiro atoms. The van der Waals surface area contributed by atoms with Crippen LogP contribution in [0.3, 0.4) is 0 Å². The summed E-state index contributed by atoms with van der Waals surface area (Å²) in [4.78, 5) is 34.2. The maximum absolute atomic E-state index is 12.1. The maximum Gasteiger partial charge on any atom is 0.269 e. The molecule has 0 saturated carbocycles. The molecule has 0 aliphatic rings. The number of anilines is 1. The van der Waals surface area contributed by atoms with Crippen molar-refractivity contribution in [2.45, 2.75) is 0 Å². The van der Waals surface area contributed by atoms with E-state index in [9.17, 15) is 14.9 Å². The minimum atomic E-state index is -0.524. The first-order chi connectivity index (χ1) is 11.1. The van der Waals surface area contributed by atoms with Gasteiger partial charge in [0, 0.05) is 36.2 Å². The molecule has 0 fully saturated rings. The lowest BCUT2D eigenvalue weighted by atomic mass is 10.2. The van der Waals surface area contributed by atoms with E-state index in [0.717, 1.165) is 0 Å². The highest BCUT2D eigenvalue weighted by atomic mass is 16.6. The van der Waals surface area contributed by atoms with E-state index in [-0.39, 0.29) is 5.69 Å². The number of nitro groups is 1. The van der Waals surface area contributed by atoms with E-state index in [1.165, 1.54) is 30.6 Å². The van der Waals surface area contributed by atoms with Crippen molar-refractivity contribution in [3.63, 3.8) is 0 Å². The first-order valence-electron chi connectivity index (χ1n) is 6.49. The SMILES string of the molecule is O=C(Nc1cc(-n2ccnc2)ncn1)c1ccc([N+](=O)[O-])cc1. The van der Waals surface area contributed by atoms with Crippen LogP contribution in [-0.4, -0.2) is 30.3 Å². The van der Waals surface area contributed by atoms with Crippen LogP contribution >= 0.6 is 0 Å². The van der Waals surface area contributed by atoms with Crippen LogP contribution in [0.25, 0.3) is 5.82 Å². The van der Waals surface area contributed by atoms with Gasteiger partial charge < -0.3 is 5.32 Å². The Kier molecular flexibility index (Phi) is 3.75. The van der Waals surface area contributed by atoms with Gasteiger partial charge >= 0.3 is 0 Å². The van der Waals surface area contributed by atoms with Crippen molar-refractivity contribution >= 4 is 17.4 Å². The molecule has 114 valence electrons. The summed E-state index contributed by atoms with van der Waals surface area (Å²) in [5.74, 6) is 0.443. The van der Waals surface area contributed by atoms with Gasteiger partial charge in [-0.1, -0.05) is 0 Å². The second kappa shape index (κ2) is 6.02. The zero-order valence-electron chi connectivity index (χ0n) is 11.7. The fourth-order valence-electron chi connectivity index (χ4n) is 1.87. The quantitative estimate of drug-likeness (QED) is 0.580. The van der Waals surface area contributed by atoms with Crippen LogP contribution in [0.15, 0.2) is 55.4 Å². The van der Waals surface area contributed by atoms with Gasteiger partial charge in [-0.15, -0.1) is 0 Å². The molecule has 1 aromatic carbocycles. The molecule has 3 rings (SSSR count).